The van der Waals surface area contributed by atoms with E-state index in [9.17, 15) is 0 Å². The van der Waals surface area contributed by atoms with Gasteiger partial charge in [0, 0.05) is 23.3 Å². The van der Waals surface area contributed by atoms with Crippen molar-refractivity contribution in [3.8, 4) is 0 Å². The fraction of sp³-hybridized carbons (Fsp3) is 0.417. The van der Waals surface area contributed by atoms with Crippen molar-refractivity contribution in [2.24, 2.45) is 0 Å². The lowest BCUT2D eigenvalue weighted by molar-refractivity contribution is 0.743. The Morgan fingerprint density at radius 3 is 3.12 bits per heavy atom. The second-order valence-electron chi connectivity index (χ2n) is 4.27. The van der Waals surface area contributed by atoms with Crippen LogP contribution in [0.4, 0.5) is 5.95 Å². The summed E-state index contributed by atoms with van der Waals surface area (Å²) in [4.78, 5) is 5.76. The highest BCUT2D eigenvalue weighted by Crippen LogP contribution is 2.36. The van der Waals surface area contributed by atoms with Gasteiger partial charge in [-0.25, -0.2) is 4.98 Å². The molecule has 2 aromatic rings. The minimum atomic E-state index is 0.689. The van der Waals surface area contributed by atoms with Crippen LogP contribution in [0, 0.1) is 6.92 Å². The highest BCUT2D eigenvalue weighted by Gasteiger charge is 2.25. The molecule has 2 aromatic heterocycles. The maximum Gasteiger partial charge on any atom is 0.203 e. The maximum absolute atomic E-state index is 4.36. The normalized spacial score (nSPS) is 15.3. The fourth-order valence-electron chi connectivity index (χ4n) is 1.84. The van der Waals surface area contributed by atoms with Crippen molar-refractivity contribution in [3.63, 3.8) is 0 Å². The molecule has 84 valence electrons. The summed E-state index contributed by atoms with van der Waals surface area (Å²) in [5, 5.41) is 5.56. The summed E-state index contributed by atoms with van der Waals surface area (Å²) in [7, 11) is 0. The van der Waals surface area contributed by atoms with Crippen LogP contribution in [-0.2, 0) is 6.54 Å². The lowest BCUT2D eigenvalue weighted by Crippen LogP contribution is -2.05. The molecule has 1 fully saturated rings. The Morgan fingerprint density at radius 2 is 2.44 bits per heavy atom. The lowest BCUT2D eigenvalue weighted by Gasteiger charge is -2.08. The van der Waals surface area contributed by atoms with E-state index in [0.717, 1.165) is 12.5 Å². The number of thiophene rings is 1. The molecule has 1 N–H and O–H groups in total. The Labute approximate surface area is 99.1 Å². The van der Waals surface area contributed by atoms with Crippen molar-refractivity contribution >= 4 is 17.3 Å². The molecule has 0 spiro atoms. The van der Waals surface area contributed by atoms with Crippen LogP contribution < -0.4 is 5.32 Å². The topological polar surface area (TPSA) is 29.9 Å². The Kier molecular flexibility index (Phi) is 2.44. The fourth-order valence-corrected chi connectivity index (χ4v) is 2.69. The van der Waals surface area contributed by atoms with Crippen molar-refractivity contribution in [2.45, 2.75) is 32.4 Å². The third-order valence-electron chi connectivity index (χ3n) is 2.98. The van der Waals surface area contributed by atoms with Crippen LogP contribution in [0.15, 0.2) is 23.8 Å². The van der Waals surface area contributed by atoms with Crippen LogP contribution in [0.2, 0.25) is 0 Å². The van der Waals surface area contributed by atoms with Gasteiger partial charge in [0.1, 0.15) is 0 Å². The van der Waals surface area contributed by atoms with E-state index in [1.807, 2.05) is 6.20 Å². The minimum Gasteiger partial charge on any atom is -0.351 e. The average Bonchev–Trinajstić information content (AvgIpc) is 2.88. The molecule has 16 heavy (non-hydrogen) atoms. The maximum atomic E-state index is 4.36. The number of nitrogens with zero attached hydrogens (tertiary/aromatic N) is 2. The molecule has 0 bridgehead atoms. The zero-order valence-electron chi connectivity index (χ0n) is 9.31. The Balaban J connectivity index is 1.70. The third kappa shape index (κ3) is 1.85. The number of aromatic nitrogens is 2. The molecular weight excluding hydrogens is 218 g/mol. The van der Waals surface area contributed by atoms with E-state index in [1.165, 1.54) is 23.3 Å². The second-order valence-corrected chi connectivity index (χ2v) is 5.27. The van der Waals surface area contributed by atoms with E-state index in [0.29, 0.717) is 6.04 Å². The lowest BCUT2D eigenvalue weighted by atomic mass is 10.3. The molecular formula is C12H15N3S. The number of anilines is 1. The average molecular weight is 233 g/mol. The smallest absolute Gasteiger partial charge is 0.203 e. The number of aryl methyl sites for hydroxylation is 1. The van der Waals surface area contributed by atoms with Gasteiger partial charge < -0.3 is 9.88 Å². The van der Waals surface area contributed by atoms with E-state index in [1.54, 1.807) is 11.3 Å². The van der Waals surface area contributed by atoms with Crippen molar-refractivity contribution in [1.82, 2.24) is 9.55 Å². The number of hydrogen-bond donors (Lipinski definition) is 1. The van der Waals surface area contributed by atoms with Gasteiger partial charge in [-0.05, 0) is 36.8 Å². The number of nitrogens with one attached hydrogen (secondary N) is 1. The molecule has 4 heteroatoms. The summed E-state index contributed by atoms with van der Waals surface area (Å²) < 4.78 is 2.25. The van der Waals surface area contributed by atoms with Crippen molar-refractivity contribution in [3.05, 3.63) is 34.3 Å². The van der Waals surface area contributed by atoms with Crippen molar-refractivity contribution < 1.29 is 0 Å². The zero-order valence-corrected chi connectivity index (χ0v) is 10.1. The van der Waals surface area contributed by atoms with Gasteiger partial charge in [0.25, 0.3) is 0 Å². The van der Waals surface area contributed by atoms with Crippen molar-refractivity contribution in [1.29, 1.82) is 0 Å². The Hall–Kier alpha value is -1.29. The van der Waals surface area contributed by atoms with Gasteiger partial charge in [-0.3, -0.25) is 0 Å². The molecule has 0 amide bonds. The van der Waals surface area contributed by atoms with E-state index < -0.39 is 0 Å². The standard InChI is InChI=1S/C12H15N3S/c1-9-4-7-16-11(9)8-14-12-13-5-6-15(12)10-2-3-10/h4-7,10H,2-3,8H2,1H3,(H,13,14). The van der Waals surface area contributed by atoms with Gasteiger partial charge in [0.15, 0.2) is 0 Å². The van der Waals surface area contributed by atoms with E-state index in [-0.39, 0.29) is 0 Å². The molecule has 0 saturated heterocycles. The highest BCUT2D eigenvalue weighted by molar-refractivity contribution is 7.10. The zero-order chi connectivity index (χ0) is 11.0. The van der Waals surface area contributed by atoms with E-state index in [4.69, 9.17) is 0 Å². The van der Waals surface area contributed by atoms with Gasteiger partial charge in [-0.15, -0.1) is 11.3 Å². The largest absolute Gasteiger partial charge is 0.351 e. The summed E-state index contributed by atoms with van der Waals surface area (Å²) in [5.74, 6) is 1.01. The van der Waals surface area contributed by atoms with Crippen LogP contribution in [0.1, 0.15) is 29.3 Å². The first-order valence-electron chi connectivity index (χ1n) is 5.64. The summed E-state index contributed by atoms with van der Waals surface area (Å²) >= 11 is 1.80. The SMILES string of the molecule is Cc1ccsc1CNc1nccn1C1CC1. The van der Waals surface area contributed by atoms with Crippen LogP contribution in [-0.4, -0.2) is 9.55 Å². The van der Waals surface area contributed by atoms with Gasteiger partial charge >= 0.3 is 0 Å². The number of imidazole rings is 1. The Morgan fingerprint density at radius 1 is 1.56 bits per heavy atom. The monoisotopic (exact) mass is 233 g/mol. The Bertz CT molecular complexity index is 482. The molecule has 1 aliphatic carbocycles. The first-order valence-corrected chi connectivity index (χ1v) is 6.52. The number of rotatable bonds is 4. The predicted molar refractivity (Wildman–Crippen MR) is 66.9 cm³/mol. The highest BCUT2D eigenvalue weighted by atomic mass is 32.1. The van der Waals surface area contributed by atoms with Crippen LogP contribution in [0.25, 0.3) is 0 Å². The van der Waals surface area contributed by atoms with Crippen LogP contribution in [0.3, 0.4) is 0 Å². The molecule has 0 atom stereocenters. The van der Waals surface area contributed by atoms with Crippen LogP contribution >= 0.6 is 11.3 Å². The molecule has 0 aliphatic heterocycles. The molecule has 0 radical (unpaired) electrons. The van der Waals surface area contributed by atoms with E-state index >= 15 is 0 Å². The summed E-state index contributed by atoms with van der Waals surface area (Å²) in [6.07, 6.45) is 6.54. The quantitative estimate of drug-likeness (QED) is 0.879. The van der Waals surface area contributed by atoms with Gasteiger partial charge in [0.2, 0.25) is 5.95 Å². The van der Waals surface area contributed by atoms with Crippen LogP contribution in [0.5, 0.6) is 0 Å². The van der Waals surface area contributed by atoms with Crippen molar-refractivity contribution in [2.75, 3.05) is 5.32 Å². The minimum absolute atomic E-state index is 0.689. The third-order valence-corrected chi connectivity index (χ3v) is 4.01. The molecule has 1 saturated carbocycles. The first kappa shape index (κ1) is 9.90. The van der Waals surface area contributed by atoms with Gasteiger partial charge in [-0.1, -0.05) is 0 Å². The molecule has 0 aromatic carbocycles. The number of hydrogen-bond acceptors (Lipinski definition) is 3. The second kappa shape index (κ2) is 3.94. The molecule has 3 nitrogen and oxygen atoms in total. The summed E-state index contributed by atoms with van der Waals surface area (Å²) in [6, 6.07) is 2.85. The summed E-state index contributed by atoms with van der Waals surface area (Å²) in [5.41, 5.74) is 1.36. The molecule has 2 heterocycles. The first-order chi connectivity index (χ1) is 7.84. The van der Waals surface area contributed by atoms with E-state index in [2.05, 4.69) is 39.4 Å². The molecule has 0 unspecified atom stereocenters. The van der Waals surface area contributed by atoms with Gasteiger partial charge in [-0.2, -0.15) is 0 Å². The predicted octanol–water partition coefficient (Wildman–Crippen LogP) is 3.20. The summed E-state index contributed by atoms with van der Waals surface area (Å²) in [6.45, 7) is 3.04. The molecule has 1 aliphatic rings. The molecule has 3 rings (SSSR count). The van der Waals surface area contributed by atoms with Gasteiger partial charge in [0.05, 0.1) is 6.54 Å².